The molecule has 102 valence electrons. The molecule has 1 aromatic heterocycles. The molecule has 0 amide bonds. The number of benzene rings is 1. The highest BCUT2D eigenvalue weighted by Gasteiger charge is 2.13. The minimum absolute atomic E-state index is 0.0999. The van der Waals surface area contributed by atoms with Crippen LogP contribution in [0.1, 0.15) is 17.2 Å². The lowest BCUT2D eigenvalue weighted by atomic mass is 10.1. The number of methoxy groups -OCH3 is 1. The van der Waals surface area contributed by atoms with Crippen LogP contribution in [-0.4, -0.2) is 35.4 Å². The van der Waals surface area contributed by atoms with Crippen LogP contribution in [0.2, 0.25) is 0 Å². The Morgan fingerprint density at radius 2 is 2.05 bits per heavy atom. The molecule has 0 fully saturated rings. The van der Waals surface area contributed by atoms with E-state index in [1.54, 1.807) is 7.11 Å². The van der Waals surface area contributed by atoms with E-state index in [1.165, 1.54) is 11.1 Å². The van der Waals surface area contributed by atoms with Crippen molar-refractivity contribution < 1.29 is 4.74 Å². The third kappa shape index (κ3) is 3.91. The van der Waals surface area contributed by atoms with Crippen molar-refractivity contribution in [2.24, 2.45) is 7.05 Å². The molecule has 0 spiro atoms. The third-order valence-electron chi connectivity index (χ3n) is 3.14. The number of hydrogen-bond donors (Lipinski definition) is 0. The largest absolute Gasteiger partial charge is 0.375 e. The lowest BCUT2D eigenvalue weighted by Crippen LogP contribution is -2.25. The van der Waals surface area contributed by atoms with Gasteiger partial charge in [-0.2, -0.15) is 5.10 Å². The summed E-state index contributed by atoms with van der Waals surface area (Å²) in [6, 6.07) is 10.3. The van der Waals surface area contributed by atoms with Gasteiger partial charge in [-0.05, 0) is 12.6 Å². The van der Waals surface area contributed by atoms with E-state index in [9.17, 15) is 0 Å². The first-order valence-electron chi connectivity index (χ1n) is 6.43. The van der Waals surface area contributed by atoms with Crippen LogP contribution in [0.3, 0.4) is 0 Å². The number of hydrogen-bond acceptors (Lipinski definition) is 3. The Morgan fingerprint density at radius 3 is 2.63 bits per heavy atom. The Labute approximate surface area is 114 Å². The second-order valence-electron chi connectivity index (χ2n) is 4.85. The van der Waals surface area contributed by atoms with Crippen LogP contribution in [0.4, 0.5) is 0 Å². The number of aryl methyl sites for hydroxylation is 1. The number of ether oxygens (including phenoxy) is 1. The predicted octanol–water partition coefficient (Wildman–Crippen LogP) is 2.24. The average molecular weight is 259 g/mol. The summed E-state index contributed by atoms with van der Waals surface area (Å²) >= 11 is 0. The fourth-order valence-corrected chi connectivity index (χ4v) is 2.20. The molecule has 0 aliphatic rings. The Kier molecular flexibility index (Phi) is 4.71. The molecule has 4 heteroatoms. The fourth-order valence-electron chi connectivity index (χ4n) is 2.20. The average Bonchev–Trinajstić information content (AvgIpc) is 2.82. The van der Waals surface area contributed by atoms with Gasteiger partial charge in [0.15, 0.2) is 0 Å². The second kappa shape index (κ2) is 6.50. The number of rotatable bonds is 6. The highest BCUT2D eigenvalue weighted by Crippen LogP contribution is 2.17. The summed E-state index contributed by atoms with van der Waals surface area (Å²) in [6.45, 7) is 1.73. The maximum absolute atomic E-state index is 5.59. The van der Waals surface area contributed by atoms with E-state index in [4.69, 9.17) is 4.74 Å². The molecule has 0 bridgehead atoms. The van der Waals surface area contributed by atoms with Crippen molar-refractivity contribution in [3.8, 4) is 0 Å². The topological polar surface area (TPSA) is 30.3 Å². The molecule has 0 N–H and O–H groups in total. The highest BCUT2D eigenvalue weighted by molar-refractivity contribution is 5.18. The number of aromatic nitrogens is 2. The van der Waals surface area contributed by atoms with Crippen LogP contribution < -0.4 is 0 Å². The summed E-state index contributed by atoms with van der Waals surface area (Å²) in [6.07, 6.45) is 4.05. The minimum atomic E-state index is 0.0999. The van der Waals surface area contributed by atoms with E-state index >= 15 is 0 Å². The van der Waals surface area contributed by atoms with Crippen LogP contribution >= 0.6 is 0 Å². The van der Waals surface area contributed by atoms with E-state index in [0.29, 0.717) is 0 Å². The Bertz CT molecular complexity index is 495. The molecule has 0 aliphatic heterocycles. The van der Waals surface area contributed by atoms with E-state index in [2.05, 4.69) is 29.2 Å². The zero-order chi connectivity index (χ0) is 13.7. The second-order valence-corrected chi connectivity index (χ2v) is 4.85. The molecule has 0 radical (unpaired) electrons. The smallest absolute Gasteiger partial charge is 0.0947 e. The van der Waals surface area contributed by atoms with Crippen molar-refractivity contribution in [2.45, 2.75) is 12.6 Å². The standard InChI is InChI=1S/C15H21N3O/c1-17(10-13-9-16-18(2)11-13)12-15(19-3)14-7-5-4-6-8-14/h4-9,11,15H,10,12H2,1-3H3. The zero-order valence-electron chi connectivity index (χ0n) is 11.8. The van der Waals surface area contributed by atoms with Crippen molar-refractivity contribution in [3.63, 3.8) is 0 Å². The Hall–Kier alpha value is -1.65. The van der Waals surface area contributed by atoms with E-state index in [0.717, 1.165) is 13.1 Å². The normalized spacial score (nSPS) is 12.8. The van der Waals surface area contributed by atoms with Gasteiger partial charge in [-0.3, -0.25) is 9.58 Å². The first kappa shape index (κ1) is 13.8. The van der Waals surface area contributed by atoms with Crippen LogP contribution in [0, 0.1) is 0 Å². The van der Waals surface area contributed by atoms with Crippen molar-refractivity contribution in [2.75, 3.05) is 20.7 Å². The Morgan fingerprint density at radius 1 is 1.32 bits per heavy atom. The van der Waals surface area contributed by atoms with Crippen molar-refractivity contribution in [3.05, 3.63) is 53.9 Å². The van der Waals surface area contributed by atoms with Gasteiger partial charge >= 0.3 is 0 Å². The van der Waals surface area contributed by atoms with E-state index in [-0.39, 0.29) is 6.10 Å². The van der Waals surface area contributed by atoms with Crippen LogP contribution in [0.25, 0.3) is 0 Å². The van der Waals surface area contributed by atoms with E-state index in [1.807, 2.05) is 42.3 Å². The molecular formula is C15H21N3O. The van der Waals surface area contributed by atoms with Gasteiger partial charge in [0.1, 0.15) is 0 Å². The molecule has 0 aliphatic carbocycles. The van der Waals surface area contributed by atoms with Gasteiger partial charge in [0.25, 0.3) is 0 Å². The van der Waals surface area contributed by atoms with Crippen molar-refractivity contribution in [1.82, 2.24) is 14.7 Å². The molecule has 2 aromatic rings. The third-order valence-corrected chi connectivity index (χ3v) is 3.14. The van der Waals surface area contributed by atoms with Gasteiger partial charge in [0.05, 0.1) is 12.3 Å². The minimum Gasteiger partial charge on any atom is -0.375 e. The molecular weight excluding hydrogens is 238 g/mol. The number of likely N-dealkylation sites (N-methyl/N-ethyl adjacent to an activating group) is 1. The van der Waals surface area contributed by atoms with Crippen molar-refractivity contribution in [1.29, 1.82) is 0 Å². The molecule has 1 heterocycles. The van der Waals surface area contributed by atoms with Crippen LogP contribution in [0.15, 0.2) is 42.7 Å². The molecule has 1 atom stereocenters. The summed E-state index contributed by atoms with van der Waals surface area (Å²) in [5.41, 5.74) is 2.43. The predicted molar refractivity (Wildman–Crippen MR) is 75.7 cm³/mol. The molecule has 1 unspecified atom stereocenters. The molecule has 0 saturated carbocycles. The summed E-state index contributed by atoms with van der Waals surface area (Å²) in [4.78, 5) is 2.25. The lowest BCUT2D eigenvalue weighted by Gasteiger charge is -2.23. The summed E-state index contributed by atoms with van der Waals surface area (Å²) < 4.78 is 7.41. The summed E-state index contributed by atoms with van der Waals surface area (Å²) in [5, 5.41) is 4.19. The van der Waals surface area contributed by atoms with Gasteiger partial charge in [-0.1, -0.05) is 30.3 Å². The zero-order valence-corrected chi connectivity index (χ0v) is 11.8. The highest BCUT2D eigenvalue weighted by atomic mass is 16.5. The molecule has 19 heavy (non-hydrogen) atoms. The Balaban J connectivity index is 1.95. The van der Waals surface area contributed by atoms with Gasteiger partial charge in [0.2, 0.25) is 0 Å². The first-order valence-corrected chi connectivity index (χ1v) is 6.43. The maximum Gasteiger partial charge on any atom is 0.0947 e. The van der Waals surface area contributed by atoms with Gasteiger partial charge in [-0.25, -0.2) is 0 Å². The van der Waals surface area contributed by atoms with E-state index < -0.39 is 0 Å². The fraction of sp³-hybridized carbons (Fsp3) is 0.400. The first-order chi connectivity index (χ1) is 9.19. The summed E-state index contributed by atoms with van der Waals surface area (Å²) in [7, 11) is 5.79. The quantitative estimate of drug-likeness (QED) is 0.797. The molecule has 0 saturated heterocycles. The maximum atomic E-state index is 5.59. The molecule has 2 rings (SSSR count). The molecule has 4 nitrogen and oxygen atoms in total. The van der Waals surface area contributed by atoms with Gasteiger partial charge in [-0.15, -0.1) is 0 Å². The summed E-state index contributed by atoms with van der Waals surface area (Å²) in [5.74, 6) is 0. The SMILES string of the molecule is COC(CN(C)Cc1cnn(C)c1)c1ccccc1. The number of nitrogens with zero attached hydrogens (tertiary/aromatic N) is 3. The van der Waals surface area contributed by atoms with Gasteiger partial charge in [0, 0.05) is 39.0 Å². The van der Waals surface area contributed by atoms with Crippen LogP contribution in [0.5, 0.6) is 0 Å². The van der Waals surface area contributed by atoms with Crippen LogP contribution in [-0.2, 0) is 18.3 Å². The van der Waals surface area contributed by atoms with Crippen molar-refractivity contribution >= 4 is 0 Å². The van der Waals surface area contributed by atoms with Gasteiger partial charge < -0.3 is 4.74 Å². The monoisotopic (exact) mass is 259 g/mol. The molecule has 1 aromatic carbocycles. The lowest BCUT2D eigenvalue weighted by molar-refractivity contribution is 0.0696.